The summed E-state index contributed by atoms with van der Waals surface area (Å²) >= 11 is 9.85. The summed E-state index contributed by atoms with van der Waals surface area (Å²) in [6.45, 7) is 0. The Morgan fingerprint density at radius 3 is 2.33 bits per heavy atom. The van der Waals surface area contributed by atoms with Gasteiger partial charge in [-0.1, -0.05) is 0 Å². The van der Waals surface area contributed by atoms with E-state index in [2.05, 4.69) is 53.1 Å². The fourth-order valence-electron chi connectivity index (χ4n) is 1.35. The average molecular weight is 439 g/mol. The molecule has 0 aliphatic carbocycles. The van der Waals surface area contributed by atoms with Crippen molar-refractivity contribution in [3.63, 3.8) is 0 Å². The zero-order valence-corrected chi connectivity index (χ0v) is 13.6. The monoisotopic (exact) mass is 436 g/mol. The molecule has 4 nitrogen and oxygen atoms in total. The van der Waals surface area contributed by atoms with Gasteiger partial charge in [-0.2, -0.15) is 0 Å². The second-order valence-corrected chi connectivity index (χ2v) is 5.85. The van der Waals surface area contributed by atoms with Crippen LogP contribution in [0.5, 0.6) is 0 Å². The van der Waals surface area contributed by atoms with Crippen LogP contribution in [0.25, 0.3) is 0 Å². The number of benzene rings is 1. The van der Waals surface area contributed by atoms with E-state index in [1.165, 1.54) is 6.26 Å². The summed E-state index contributed by atoms with van der Waals surface area (Å²) in [5, 5.41) is 2.77. The van der Waals surface area contributed by atoms with Gasteiger partial charge in [0.2, 0.25) is 0 Å². The number of halogens is 3. The van der Waals surface area contributed by atoms with Crippen molar-refractivity contribution in [2.45, 2.75) is 0 Å². The van der Waals surface area contributed by atoms with Gasteiger partial charge in [-0.3, -0.25) is 4.79 Å². The molecule has 0 aliphatic heterocycles. The van der Waals surface area contributed by atoms with Crippen molar-refractivity contribution in [2.75, 3.05) is 11.1 Å². The molecule has 1 heterocycles. The molecule has 0 unspecified atom stereocenters. The molecular weight excluding hydrogens is 432 g/mol. The highest BCUT2D eigenvalue weighted by Crippen LogP contribution is 2.34. The number of rotatable bonds is 2. The molecule has 1 aromatic heterocycles. The van der Waals surface area contributed by atoms with E-state index >= 15 is 0 Å². The van der Waals surface area contributed by atoms with Gasteiger partial charge in [0.25, 0.3) is 5.91 Å². The maximum absolute atomic E-state index is 12.0. The molecule has 2 rings (SSSR count). The zero-order valence-electron chi connectivity index (χ0n) is 8.84. The lowest BCUT2D eigenvalue weighted by atomic mass is 10.2. The predicted octanol–water partition coefficient (Wildman–Crippen LogP) is 4.40. The van der Waals surface area contributed by atoms with E-state index < -0.39 is 0 Å². The Kier molecular flexibility index (Phi) is 4.14. The van der Waals surface area contributed by atoms with Crippen LogP contribution in [-0.2, 0) is 0 Å². The lowest BCUT2D eigenvalue weighted by Gasteiger charge is -2.10. The Labute approximate surface area is 128 Å². The van der Waals surface area contributed by atoms with Crippen LogP contribution >= 0.6 is 47.8 Å². The number of amides is 1. The Hall–Kier alpha value is -0.790. The van der Waals surface area contributed by atoms with E-state index in [-0.39, 0.29) is 5.91 Å². The lowest BCUT2D eigenvalue weighted by Crippen LogP contribution is -2.12. The molecule has 0 aliphatic rings. The number of nitrogens with two attached hydrogens (primary N) is 1. The number of nitrogens with one attached hydrogen (secondary N) is 1. The first-order chi connectivity index (χ1) is 8.49. The Bertz CT molecular complexity index is 587. The zero-order chi connectivity index (χ0) is 13.3. The van der Waals surface area contributed by atoms with Crippen LogP contribution in [0.3, 0.4) is 0 Å². The summed E-state index contributed by atoms with van der Waals surface area (Å²) in [6, 6.07) is 5.01. The molecule has 0 bridgehead atoms. The van der Waals surface area contributed by atoms with Gasteiger partial charge in [-0.25, -0.2) is 0 Å². The summed E-state index contributed by atoms with van der Waals surface area (Å²) in [4.78, 5) is 12.0. The van der Waals surface area contributed by atoms with Crippen molar-refractivity contribution in [1.82, 2.24) is 0 Å². The minimum absolute atomic E-state index is 0.276. The van der Waals surface area contributed by atoms with E-state index in [0.717, 1.165) is 0 Å². The standard InChI is InChI=1S/C11H7Br3N2O2/c12-7-3-5(15)4-8(13)9(7)16-11(17)6-1-2-18-10(6)14/h1-4H,15H2,(H,16,17). The minimum Gasteiger partial charge on any atom is -0.457 e. The fourth-order valence-corrected chi connectivity index (χ4v) is 3.19. The van der Waals surface area contributed by atoms with Crippen LogP contribution in [0.1, 0.15) is 10.4 Å². The van der Waals surface area contributed by atoms with Crippen molar-refractivity contribution in [3.8, 4) is 0 Å². The first-order valence-electron chi connectivity index (χ1n) is 4.78. The maximum atomic E-state index is 12.0. The summed E-state index contributed by atoms with van der Waals surface area (Å²) in [6.07, 6.45) is 1.44. The molecule has 3 N–H and O–H groups in total. The Balaban J connectivity index is 2.31. The number of carbonyl (C=O) groups is 1. The minimum atomic E-state index is -0.276. The quantitative estimate of drug-likeness (QED) is 0.683. The smallest absolute Gasteiger partial charge is 0.260 e. The summed E-state index contributed by atoms with van der Waals surface area (Å²) < 4.78 is 6.80. The highest BCUT2D eigenvalue weighted by molar-refractivity contribution is 9.11. The molecular formula is C11H7Br3N2O2. The molecule has 0 saturated heterocycles. The van der Waals surface area contributed by atoms with Crippen molar-refractivity contribution in [1.29, 1.82) is 0 Å². The first kappa shape index (κ1) is 13.6. The summed E-state index contributed by atoms with van der Waals surface area (Å²) in [5.41, 5.74) is 7.31. The number of furan rings is 1. The molecule has 0 fully saturated rings. The topological polar surface area (TPSA) is 68.3 Å². The van der Waals surface area contributed by atoms with Gasteiger partial charge in [-0.15, -0.1) is 0 Å². The molecule has 0 saturated carbocycles. The Morgan fingerprint density at radius 2 is 1.83 bits per heavy atom. The number of nitrogen functional groups attached to an aromatic ring is 1. The second-order valence-electron chi connectivity index (χ2n) is 3.42. The SMILES string of the molecule is Nc1cc(Br)c(NC(=O)c2ccoc2Br)c(Br)c1. The van der Waals surface area contributed by atoms with E-state index in [0.29, 0.717) is 30.6 Å². The molecule has 0 radical (unpaired) electrons. The molecule has 94 valence electrons. The van der Waals surface area contributed by atoms with Crippen LogP contribution < -0.4 is 11.1 Å². The number of carbonyl (C=O) groups excluding carboxylic acids is 1. The van der Waals surface area contributed by atoms with E-state index in [9.17, 15) is 4.79 Å². The summed E-state index contributed by atoms with van der Waals surface area (Å²) in [5.74, 6) is -0.276. The number of hydrogen-bond donors (Lipinski definition) is 2. The molecule has 2 aromatic rings. The van der Waals surface area contributed by atoms with Gasteiger partial charge in [0.1, 0.15) is 0 Å². The molecule has 0 spiro atoms. The van der Waals surface area contributed by atoms with Crippen LogP contribution in [0, 0.1) is 0 Å². The van der Waals surface area contributed by atoms with E-state index in [1.807, 2.05) is 0 Å². The Morgan fingerprint density at radius 1 is 1.22 bits per heavy atom. The van der Waals surface area contributed by atoms with Gasteiger partial charge in [0.15, 0.2) is 4.67 Å². The summed E-state index contributed by atoms with van der Waals surface area (Å²) in [7, 11) is 0. The third kappa shape index (κ3) is 2.78. The van der Waals surface area contributed by atoms with E-state index in [1.54, 1.807) is 18.2 Å². The highest BCUT2D eigenvalue weighted by atomic mass is 79.9. The van der Waals surface area contributed by atoms with Crippen molar-refractivity contribution < 1.29 is 9.21 Å². The van der Waals surface area contributed by atoms with Crippen LogP contribution in [0.4, 0.5) is 11.4 Å². The van der Waals surface area contributed by atoms with E-state index in [4.69, 9.17) is 10.2 Å². The average Bonchev–Trinajstić information content (AvgIpc) is 2.69. The van der Waals surface area contributed by atoms with Gasteiger partial charge in [0.05, 0.1) is 17.5 Å². The number of anilines is 2. The van der Waals surface area contributed by atoms with Crippen molar-refractivity contribution in [3.05, 3.63) is 43.6 Å². The van der Waals surface area contributed by atoms with Gasteiger partial charge < -0.3 is 15.5 Å². The fraction of sp³-hybridized carbons (Fsp3) is 0. The largest absolute Gasteiger partial charge is 0.457 e. The predicted molar refractivity (Wildman–Crippen MR) is 80.6 cm³/mol. The van der Waals surface area contributed by atoms with Gasteiger partial charge in [0, 0.05) is 14.6 Å². The second kappa shape index (κ2) is 5.46. The molecule has 18 heavy (non-hydrogen) atoms. The lowest BCUT2D eigenvalue weighted by molar-refractivity contribution is 0.102. The van der Waals surface area contributed by atoms with Crippen molar-refractivity contribution >= 4 is 65.1 Å². The number of hydrogen-bond acceptors (Lipinski definition) is 3. The van der Waals surface area contributed by atoms with Gasteiger partial charge >= 0.3 is 0 Å². The third-order valence-corrected chi connectivity index (χ3v) is 4.03. The normalized spacial score (nSPS) is 10.4. The molecule has 1 aromatic carbocycles. The maximum Gasteiger partial charge on any atom is 0.260 e. The van der Waals surface area contributed by atoms with Crippen LogP contribution in [-0.4, -0.2) is 5.91 Å². The molecule has 1 amide bonds. The van der Waals surface area contributed by atoms with Crippen LogP contribution in [0.15, 0.2) is 42.5 Å². The first-order valence-corrected chi connectivity index (χ1v) is 7.16. The third-order valence-electron chi connectivity index (χ3n) is 2.17. The highest BCUT2D eigenvalue weighted by Gasteiger charge is 2.15. The molecule has 7 heteroatoms. The van der Waals surface area contributed by atoms with Crippen LogP contribution in [0.2, 0.25) is 0 Å². The molecule has 0 atom stereocenters. The van der Waals surface area contributed by atoms with Gasteiger partial charge in [-0.05, 0) is 66.0 Å². The van der Waals surface area contributed by atoms with Crippen molar-refractivity contribution in [2.24, 2.45) is 0 Å².